The Morgan fingerprint density at radius 1 is 0.352 bits per heavy atom. The summed E-state index contributed by atoms with van der Waals surface area (Å²) in [7, 11) is -17.2. The molecule has 9 heterocycles. The minimum Gasteiger partial charge on any atom is -0.351 e. The lowest BCUT2D eigenvalue weighted by Gasteiger charge is -2.24. The zero-order chi connectivity index (χ0) is 105. The van der Waals surface area contributed by atoms with E-state index in [1.807, 2.05) is 0 Å². The van der Waals surface area contributed by atoms with Crippen LogP contribution in [-0.2, 0) is 104 Å². The maximum Gasteiger partial charge on any atom is 0.451 e. The summed E-state index contributed by atoms with van der Waals surface area (Å²) >= 11 is 0. The number of nitrogens with zero attached hydrogens (tertiary/aromatic N) is 13. The number of alkyl halides is 15. The van der Waals surface area contributed by atoms with Crippen molar-refractivity contribution in [3.05, 3.63) is 306 Å². The molecule has 766 valence electrons. The van der Waals surface area contributed by atoms with Gasteiger partial charge in [0.25, 0.3) is 6.43 Å². The number of aromatic nitrogens is 9. The smallest absolute Gasteiger partial charge is 0.351 e. The molecule has 4 amide bonds. The predicted molar refractivity (Wildman–Crippen MR) is 469 cm³/mol. The van der Waals surface area contributed by atoms with Crippen molar-refractivity contribution in [1.29, 1.82) is 0 Å². The van der Waals surface area contributed by atoms with E-state index >= 15 is 0 Å². The van der Waals surface area contributed by atoms with Crippen LogP contribution in [0, 0.1) is 34.9 Å². The van der Waals surface area contributed by atoms with Crippen LogP contribution >= 0.6 is 0 Å². The molecule has 29 nitrogen and oxygen atoms in total. The van der Waals surface area contributed by atoms with Crippen molar-refractivity contribution < 1.29 is 145 Å². The Bertz CT molecular complexity index is 6940. The summed E-state index contributed by atoms with van der Waals surface area (Å²) in [5.74, 6) is -10.1. The summed E-state index contributed by atoms with van der Waals surface area (Å²) in [5, 5.41) is 9.78. The lowest BCUT2D eigenvalue weighted by Crippen LogP contribution is -2.49. The van der Waals surface area contributed by atoms with Crippen molar-refractivity contribution in [3.63, 3.8) is 0 Å². The Kier molecular flexibility index (Phi) is 33.7. The van der Waals surface area contributed by atoms with E-state index in [9.17, 15) is 145 Å². The average Bonchev–Trinajstić information content (AvgIpc) is 1.65. The first-order chi connectivity index (χ1) is 68.3. The van der Waals surface area contributed by atoms with E-state index in [2.05, 4.69) is 66.1 Å². The second-order valence-corrected chi connectivity index (χ2v) is 39.7. The summed E-state index contributed by atoms with van der Waals surface area (Å²) in [6.45, 7) is -3.06. The highest BCUT2D eigenvalue weighted by atomic mass is 32.2. The molecule has 8 atom stereocenters. The topological polar surface area (TPSA) is 382 Å². The first kappa shape index (κ1) is 108. The minimum atomic E-state index is -4.73. The second-order valence-electron chi connectivity index (χ2n) is 32.2. The van der Waals surface area contributed by atoms with E-state index < -0.39 is 235 Å². The molecule has 16 rings (SSSR count). The molecule has 4 saturated heterocycles. The van der Waals surface area contributed by atoms with Gasteiger partial charge >= 0.3 is 18.5 Å². The van der Waals surface area contributed by atoms with Crippen molar-refractivity contribution in [2.45, 2.75) is 145 Å². The molecule has 0 unspecified atom stereocenters. The van der Waals surface area contributed by atoms with Crippen LogP contribution in [-0.4, -0.2) is 194 Å². The number of rotatable bonds is 25. The molecule has 0 radical (unpaired) electrons. The molecule has 12 aromatic rings. The van der Waals surface area contributed by atoms with Crippen LogP contribution in [0.25, 0.3) is 44.8 Å². The van der Waals surface area contributed by atoms with Gasteiger partial charge in [-0.1, -0.05) is 30.3 Å². The number of hydrogen-bond donors (Lipinski definition) is 4. The maximum absolute atomic E-state index is 14.6. The summed E-state index contributed by atoms with van der Waals surface area (Å²) in [4.78, 5) is 82.4. The Morgan fingerprint density at radius 2 is 0.717 bits per heavy atom. The lowest BCUT2D eigenvalue weighted by molar-refractivity contribution is -0.145. The molecule has 0 spiro atoms. The van der Waals surface area contributed by atoms with E-state index in [-0.39, 0.29) is 96.7 Å². The zero-order valence-electron chi connectivity index (χ0n) is 73.8. The van der Waals surface area contributed by atoms with E-state index in [0.717, 1.165) is 149 Å². The summed E-state index contributed by atoms with van der Waals surface area (Å²) in [6, 6.07) is 27.1. The predicted octanol–water partition coefficient (Wildman–Crippen LogP) is 14.5. The lowest BCUT2D eigenvalue weighted by atomic mass is 10.0. The maximum atomic E-state index is 14.6. The van der Waals surface area contributed by atoms with Crippen molar-refractivity contribution in [3.8, 4) is 44.8 Å². The van der Waals surface area contributed by atoms with Crippen molar-refractivity contribution in [2.24, 2.45) is 0 Å². The van der Waals surface area contributed by atoms with Gasteiger partial charge in [0, 0.05) is 128 Å². The van der Waals surface area contributed by atoms with E-state index in [4.69, 9.17) is 0 Å². The van der Waals surface area contributed by atoms with Crippen LogP contribution in [0.5, 0.6) is 0 Å². The molecule has 4 aliphatic rings. The van der Waals surface area contributed by atoms with Gasteiger partial charge in [0.2, 0.25) is 75.4 Å². The molecule has 4 fully saturated rings. The molecule has 0 saturated carbocycles. The molecule has 0 bridgehead atoms. The first-order valence-corrected chi connectivity index (χ1v) is 48.3. The number of nitrogens with one attached hydrogen (secondary N) is 4. The van der Waals surface area contributed by atoms with Gasteiger partial charge in [0.05, 0.1) is 67.8 Å². The molecular weight excluding hydrogens is 2050 g/mol. The fourth-order valence-electron chi connectivity index (χ4n) is 15.1. The van der Waals surface area contributed by atoms with Crippen LogP contribution in [0.1, 0.15) is 77.5 Å². The molecular formula is C91H74F21N17O12S4. The van der Waals surface area contributed by atoms with Gasteiger partial charge in [-0.25, -0.2) is 121 Å². The molecule has 145 heavy (non-hydrogen) atoms. The van der Waals surface area contributed by atoms with Crippen LogP contribution in [0.4, 0.5) is 92.2 Å². The van der Waals surface area contributed by atoms with Gasteiger partial charge in [-0.3, -0.25) is 29.1 Å². The molecule has 5 aromatic heterocycles. The molecule has 4 aliphatic heterocycles. The number of carbonyl (C=O) groups is 4. The zero-order valence-corrected chi connectivity index (χ0v) is 77.1. The highest BCUT2D eigenvalue weighted by Gasteiger charge is 2.50. The Hall–Kier alpha value is -13.9. The van der Waals surface area contributed by atoms with Gasteiger partial charge in [0.1, 0.15) is 90.1 Å². The fourth-order valence-corrected chi connectivity index (χ4v) is 21.6. The molecule has 4 N–H and O–H groups in total. The highest BCUT2D eigenvalue weighted by Crippen LogP contribution is 2.38. The number of pyridine rings is 1. The average molecular weight is 2120 g/mol. The Balaban J connectivity index is 0.000000162. The van der Waals surface area contributed by atoms with Gasteiger partial charge in [-0.05, 0) is 163 Å². The van der Waals surface area contributed by atoms with E-state index in [0.29, 0.717) is 43.0 Å². The summed E-state index contributed by atoms with van der Waals surface area (Å²) < 4.78 is 385. The highest BCUT2D eigenvalue weighted by molar-refractivity contribution is 7.90. The van der Waals surface area contributed by atoms with E-state index in [1.165, 1.54) is 79.3 Å². The normalized spacial score (nSPS) is 18.7. The number of hydrogen-bond acceptors (Lipinski definition) is 21. The van der Waals surface area contributed by atoms with Gasteiger partial charge in [-0.15, -0.1) is 0 Å². The third-order valence-electron chi connectivity index (χ3n) is 22.3. The second kappa shape index (κ2) is 45.1. The fraction of sp³-hybridized carbons (Fsp3) is 0.264. The Labute approximate surface area is 810 Å². The number of benzene rings is 7. The van der Waals surface area contributed by atoms with Crippen LogP contribution < -0.4 is 21.3 Å². The quantitative estimate of drug-likeness (QED) is 0.0386. The van der Waals surface area contributed by atoms with Crippen molar-refractivity contribution in [2.75, 3.05) is 26.2 Å². The molecule has 0 aliphatic carbocycles. The number of amides is 4. The van der Waals surface area contributed by atoms with Crippen molar-refractivity contribution in [1.82, 2.24) is 83.3 Å². The summed E-state index contributed by atoms with van der Waals surface area (Å²) in [5.41, 5.74) is 1.56. The third kappa shape index (κ3) is 26.6. The van der Waals surface area contributed by atoms with Gasteiger partial charge in [0.15, 0.2) is 5.69 Å². The first-order valence-electron chi connectivity index (χ1n) is 42.5. The van der Waals surface area contributed by atoms with Gasteiger partial charge in [-0.2, -0.15) is 56.7 Å². The van der Waals surface area contributed by atoms with Crippen LogP contribution in [0.15, 0.2) is 245 Å². The number of halogens is 21. The minimum absolute atomic E-state index is 0.0215. The number of sulfonamides is 4. The van der Waals surface area contributed by atoms with Crippen LogP contribution in [0.2, 0.25) is 0 Å². The van der Waals surface area contributed by atoms with E-state index in [1.54, 1.807) is 0 Å². The van der Waals surface area contributed by atoms with Gasteiger partial charge < -0.3 is 21.3 Å². The molecule has 7 aromatic carbocycles. The SMILES string of the molecule is O=C(NCc1cc(-c2ccc(C(F)F)cc2)ncn1)[C@@H]1[C@@H](F)CCN1S(=O)(=O)c1ccc(F)cc1.O=C(NCc1cc(-c2cnc(C(F)(F)F)cn2)ccc1F)[C@@H]1C[C@@H](F)CN1S(=O)(=O)c1ccc(F)cc1.O=C(NCc1cc(-c2cnc(C(F)(F)F)nc2)ccc1F)[C@@H]1C[C@@H](F)CN1S(=O)(=O)c1ccc(F)cc1.O=C(NCc1cc(-c2cnc(C(F)(F)F)nc2)ccn1)[C@@H]1C[C@@H](F)CN1S(=O)(=O)c1ccc(F)cc1. The Morgan fingerprint density at radius 3 is 1.10 bits per heavy atom. The monoisotopic (exact) mass is 2120 g/mol. The van der Waals surface area contributed by atoms with Crippen molar-refractivity contribution >= 4 is 63.7 Å². The number of carbonyl (C=O) groups excluding carboxylic acids is 4. The standard InChI is InChI=1S/2C23H18F6N4O3S.C23H20F4N4O3S.C22H18F5N5O3S/c24-16-2-4-18(5-3-16)37(35,36)33-12-17(25)8-20(33)21(34)30-9-14-7-13(1-6-19(14)26)15-10-31-22(32-11-15)23(27,28)29;24-15-2-4-17(5-3-15)37(35,36)33-12-16(25)8-20(33)22(34)32-9-14-7-13(1-6-18(14)26)19-10-31-21(11-30-19)23(27,28)29;24-16-5-7-18(8-6-16)35(33,34)31-10-9-19(25)21(31)23(32)28-12-17-11-20(30-13-29-17)14-1-3-15(4-2-14)22(26)27;23-15-1-3-18(4-2-15)36(34,35)32-12-16(24)8-19(32)20(33)29-11-17-7-13(5-6-28-17)14-9-30-21(31-10-14)22(25,26)27/h1-7,10-11,17,20H,8-9,12H2,(H,30,34);1-7,10-11,16,20H,8-9,12H2,(H,32,34);1-8,11,13,19,21-22H,9-10,12H2,(H,28,32);1-7,9-10,16,19H,8,11-12H2,(H,29,33)/t17-,20+;16-,20+;19-,21-;16-,19+/m1101/s1. The molecule has 54 heteroatoms. The van der Waals surface area contributed by atoms with Crippen LogP contribution in [0.3, 0.4) is 0 Å². The third-order valence-corrected chi connectivity index (χ3v) is 29.9. The largest absolute Gasteiger partial charge is 0.451 e. The summed E-state index contributed by atoms with van der Waals surface area (Å²) in [6.07, 6.45) is -16.8.